The van der Waals surface area contributed by atoms with Crippen LogP contribution in [0.15, 0.2) is 76.1 Å². The van der Waals surface area contributed by atoms with Crippen molar-refractivity contribution >= 4 is 55.1 Å². The van der Waals surface area contributed by atoms with E-state index in [2.05, 4.69) is 21.2 Å². The van der Waals surface area contributed by atoms with Gasteiger partial charge in [0.15, 0.2) is 0 Å². The molecule has 0 aliphatic carbocycles. The van der Waals surface area contributed by atoms with Gasteiger partial charge in [0.05, 0.1) is 10.6 Å². The number of carbonyl (C=O) groups excluding carboxylic acids is 2. The minimum absolute atomic E-state index is 0.00632. The quantitative estimate of drug-likeness (QED) is 0.235. The minimum Gasteiger partial charge on any atom is -0.354 e. The Balaban J connectivity index is 2.03. The van der Waals surface area contributed by atoms with Crippen molar-refractivity contribution in [1.82, 2.24) is 10.2 Å². The minimum atomic E-state index is -4.15. The second-order valence-corrected chi connectivity index (χ2v) is 12.9. The topological polar surface area (TPSA) is 86.8 Å². The summed E-state index contributed by atoms with van der Waals surface area (Å²) in [5.74, 6) is -0.802. The van der Waals surface area contributed by atoms with E-state index in [1.165, 1.54) is 29.2 Å². The molecular formula is C30H35BrClN3O4S. The van der Waals surface area contributed by atoms with Crippen LogP contribution in [0.4, 0.5) is 5.69 Å². The van der Waals surface area contributed by atoms with Gasteiger partial charge in [0.2, 0.25) is 11.8 Å². The molecule has 1 atom stereocenters. The predicted molar refractivity (Wildman–Crippen MR) is 164 cm³/mol. The van der Waals surface area contributed by atoms with Crippen molar-refractivity contribution in [2.24, 2.45) is 0 Å². The summed E-state index contributed by atoms with van der Waals surface area (Å²) >= 11 is 9.47. The fourth-order valence-electron chi connectivity index (χ4n) is 4.09. The smallest absolute Gasteiger partial charge is 0.264 e. The van der Waals surface area contributed by atoms with Crippen molar-refractivity contribution in [2.45, 2.75) is 58.0 Å². The normalized spacial score (nSPS) is 12.1. The summed E-state index contributed by atoms with van der Waals surface area (Å²) in [5, 5.41) is 3.29. The second kappa shape index (κ2) is 14.1. The van der Waals surface area contributed by atoms with Crippen LogP contribution in [0.1, 0.15) is 43.4 Å². The molecule has 0 unspecified atom stereocenters. The molecule has 40 heavy (non-hydrogen) atoms. The van der Waals surface area contributed by atoms with Gasteiger partial charge in [-0.1, -0.05) is 59.1 Å². The number of sulfonamides is 1. The van der Waals surface area contributed by atoms with Crippen LogP contribution in [0.5, 0.6) is 0 Å². The highest BCUT2D eigenvalue weighted by Crippen LogP contribution is 2.27. The molecule has 3 aromatic rings. The Morgan fingerprint density at radius 2 is 1.70 bits per heavy atom. The van der Waals surface area contributed by atoms with E-state index in [4.69, 9.17) is 11.6 Å². The van der Waals surface area contributed by atoms with E-state index in [0.717, 1.165) is 38.3 Å². The SMILES string of the molecule is CCCCNC(=O)[C@@H](C)N(Cc1cccc(Br)c1)C(=O)CN(c1ccc(C)c(C)c1)S(=O)(=O)c1ccc(Cl)cc1. The fourth-order valence-corrected chi connectivity index (χ4v) is 6.07. The zero-order chi connectivity index (χ0) is 29.4. The lowest BCUT2D eigenvalue weighted by molar-refractivity contribution is -0.139. The number of anilines is 1. The van der Waals surface area contributed by atoms with Crippen molar-refractivity contribution in [3.63, 3.8) is 0 Å². The standard InChI is InChI=1S/C30H35BrClN3O4S/c1-5-6-16-33-30(37)23(4)34(19-24-8-7-9-25(31)18-24)29(36)20-35(27-13-10-21(2)22(3)17-27)40(38,39)28-14-11-26(32)12-15-28/h7-15,17-18,23H,5-6,16,19-20H2,1-4H3,(H,33,37)/t23-/m1/s1. The molecular weight excluding hydrogens is 614 g/mol. The third-order valence-electron chi connectivity index (χ3n) is 6.70. The molecule has 1 N–H and O–H groups in total. The second-order valence-electron chi connectivity index (χ2n) is 9.71. The molecule has 2 amide bonds. The summed E-state index contributed by atoms with van der Waals surface area (Å²) in [6.07, 6.45) is 1.74. The van der Waals surface area contributed by atoms with Crippen LogP contribution >= 0.6 is 27.5 Å². The van der Waals surface area contributed by atoms with E-state index in [1.807, 2.05) is 51.1 Å². The van der Waals surface area contributed by atoms with Crippen LogP contribution in [0.2, 0.25) is 5.02 Å². The van der Waals surface area contributed by atoms with Gasteiger partial charge >= 0.3 is 0 Å². The number of hydrogen-bond donors (Lipinski definition) is 1. The van der Waals surface area contributed by atoms with E-state index in [-0.39, 0.29) is 17.3 Å². The van der Waals surface area contributed by atoms with Crippen LogP contribution in [0.25, 0.3) is 0 Å². The number of unbranched alkanes of at least 4 members (excludes halogenated alkanes) is 1. The lowest BCUT2D eigenvalue weighted by atomic mass is 10.1. The first-order chi connectivity index (χ1) is 18.9. The van der Waals surface area contributed by atoms with Crippen molar-refractivity contribution in [3.05, 3.63) is 92.9 Å². The first kappa shape index (κ1) is 31.6. The van der Waals surface area contributed by atoms with Gasteiger partial charge in [-0.15, -0.1) is 0 Å². The number of halogens is 2. The highest BCUT2D eigenvalue weighted by atomic mass is 79.9. The van der Waals surface area contributed by atoms with Crippen LogP contribution in [-0.4, -0.2) is 44.3 Å². The molecule has 0 aliphatic rings. The summed E-state index contributed by atoms with van der Waals surface area (Å²) < 4.78 is 29.7. The molecule has 0 saturated carbocycles. The van der Waals surface area contributed by atoms with Gasteiger partial charge in [-0.25, -0.2) is 8.42 Å². The van der Waals surface area contributed by atoms with Crippen molar-refractivity contribution in [3.8, 4) is 0 Å². The summed E-state index contributed by atoms with van der Waals surface area (Å²) in [5.41, 5.74) is 3.03. The number of carbonyl (C=O) groups is 2. The van der Waals surface area contributed by atoms with Crippen LogP contribution in [-0.2, 0) is 26.2 Å². The molecule has 3 aromatic carbocycles. The summed E-state index contributed by atoms with van der Waals surface area (Å²) in [7, 11) is -4.15. The van der Waals surface area contributed by atoms with Crippen LogP contribution in [0.3, 0.4) is 0 Å². The van der Waals surface area contributed by atoms with E-state index in [0.29, 0.717) is 17.3 Å². The van der Waals surface area contributed by atoms with Gasteiger partial charge in [-0.3, -0.25) is 13.9 Å². The Hall–Kier alpha value is -2.88. The zero-order valence-corrected chi connectivity index (χ0v) is 26.3. The first-order valence-electron chi connectivity index (χ1n) is 13.1. The van der Waals surface area contributed by atoms with E-state index in [1.54, 1.807) is 19.1 Å². The average Bonchev–Trinajstić information content (AvgIpc) is 2.91. The maximum absolute atomic E-state index is 14.0. The number of nitrogens with one attached hydrogen (secondary N) is 1. The van der Waals surface area contributed by atoms with Crippen molar-refractivity contribution in [2.75, 3.05) is 17.4 Å². The van der Waals surface area contributed by atoms with Gasteiger partial charge in [0.25, 0.3) is 10.0 Å². The number of rotatable bonds is 12. The molecule has 7 nitrogen and oxygen atoms in total. The molecule has 0 saturated heterocycles. The molecule has 0 bridgehead atoms. The predicted octanol–water partition coefficient (Wildman–Crippen LogP) is 6.25. The van der Waals surface area contributed by atoms with E-state index in [9.17, 15) is 18.0 Å². The largest absolute Gasteiger partial charge is 0.354 e. The van der Waals surface area contributed by atoms with Gasteiger partial charge in [-0.2, -0.15) is 0 Å². The Morgan fingerprint density at radius 3 is 2.33 bits per heavy atom. The average molecular weight is 649 g/mol. The van der Waals surface area contributed by atoms with Crippen LogP contribution < -0.4 is 9.62 Å². The highest BCUT2D eigenvalue weighted by Gasteiger charge is 2.32. The Morgan fingerprint density at radius 1 is 1.00 bits per heavy atom. The van der Waals surface area contributed by atoms with Crippen molar-refractivity contribution < 1.29 is 18.0 Å². The Bertz CT molecular complexity index is 1450. The third-order valence-corrected chi connectivity index (χ3v) is 9.23. The fraction of sp³-hybridized carbons (Fsp3) is 0.333. The third kappa shape index (κ3) is 8.08. The molecule has 0 spiro atoms. The number of aryl methyl sites for hydroxylation is 2. The maximum atomic E-state index is 14.0. The number of benzene rings is 3. The van der Waals surface area contributed by atoms with Crippen molar-refractivity contribution in [1.29, 1.82) is 0 Å². The number of nitrogens with zero attached hydrogens (tertiary/aromatic N) is 2. The molecule has 0 radical (unpaired) electrons. The summed E-state index contributed by atoms with van der Waals surface area (Å²) in [6, 6.07) is 17.7. The monoisotopic (exact) mass is 647 g/mol. The Kier molecular flexibility index (Phi) is 11.2. The molecule has 214 valence electrons. The highest BCUT2D eigenvalue weighted by molar-refractivity contribution is 9.10. The Labute approximate surface area is 250 Å². The lowest BCUT2D eigenvalue weighted by Gasteiger charge is -2.32. The molecule has 3 rings (SSSR count). The summed E-state index contributed by atoms with van der Waals surface area (Å²) in [6.45, 7) is 7.64. The molecule has 10 heteroatoms. The van der Waals surface area contributed by atoms with Gasteiger partial charge in [0, 0.05) is 22.6 Å². The van der Waals surface area contributed by atoms with Gasteiger partial charge in [0.1, 0.15) is 12.6 Å². The van der Waals surface area contributed by atoms with Gasteiger partial charge in [-0.05, 0) is 92.4 Å². The summed E-state index contributed by atoms with van der Waals surface area (Å²) in [4.78, 5) is 28.5. The lowest BCUT2D eigenvalue weighted by Crippen LogP contribution is -2.51. The van der Waals surface area contributed by atoms with Crippen LogP contribution in [0, 0.1) is 13.8 Å². The number of amides is 2. The number of hydrogen-bond acceptors (Lipinski definition) is 4. The van der Waals surface area contributed by atoms with E-state index < -0.39 is 28.5 Å². The molecule has 0 fully saturated rings. The molecule has 0 heterocycles. The van der Waals surface area contributed by atoms with Gasteiger partial charge < -0.3 is 10.2 Å². The molecule has 0 aliphatic heterocycles. The molecule has 0 aromatic heterocycles. The van der Waals surface area contributed by atoms with E-state index >= 15 is 0 Å². The maximum Gasteiger partial charge on any atom is 0.264 e. The first-order valence-corrected chi connectivity index (χ1v) is 15.7. The zero-order valence-electron chi connectivity index (χ0n) is 23.2.